The number of amides is 2. The van der Waals surface area contributed by atoms with Crippen molar-refractivity contribution in [1.29, 1.82) is 0 Å². The number of esters is 1. The Morgan fingerprint density at radius 2 is 1.79 bits per heavy atom. The molecule has 6 atom stereocenters. The van der Waals surface area contributed by atoms with Crippen LogP contribution in [0.5, 0.6) is 0 Å². The van der Waals surface area contributed by atoms with Crippen molar-refractivity contribution in [3.05, 3.63) is 60.2 Å². The summed E-state index contributed by atoms with van der Waals surface area (Å²) in [6.07, 6.45) is 9.88. The third-order valence-corrected chi connectivity index (χ3v) is 8.80. The van der Waals surface area contributed by atoms with Crippen molar-refractivity contribution in [3.63, 3.8) is 0 Å². The van der Waals surface area contributed by atoms with E-state index in [2.05, 4.69) is 0 Å². The standard InChI is InChI=1S/C31H40N2O6/c1-5-30-15-10-7-11-18-38-28(37)24(30)23-26(35)33(22(20-34)19-21-13-8-6-9-14-21)25-27(36)32(29(2,3)4)17-12-16-31(23,25)39-30/h6,8-10,12-16,22-25,34H,5,7,11,17-20H2,1-4H3/b15-10-/t22-,23+,24-,25?,30+,31+/m1/s1. The zero-order valence-electron chi connectivity index (χ0n) is 23.3. The van der Waals surface area contributed by atoms with E-state index in [9.17, 15) is 19.5 Å². The Morgan fingerprint density at radius 3 is 2.46 bits per heavy atom. The molecule has 39 heavy (non-hydrogen) atoms. The predicted molar refractivity (Wildman–Crippen MR) is 145 cm³/mol. The summed E-state index contributed by atoms with van der Waals surface area (Å²) in [7, 11) is 0. The monoisotopic (exact) mass is 536 g/mol. The van der Waals surface area contributed by atoms with Crippen LogP contribution in [0.1, 0.15) is 52.5 Å². The average molecular weight is 537 g/mol. The molecule has 5 rings (SSSR count). The second-order valence-corrected chi connectivity index (χ2v) is 12.1. The first-order chi connectivity index (χ1) is 18.6. The maximum Gasteiger partial charge on any atom is 0.313 e. The summed E-state index contributed by atoms with van der Waals surface area (Å²) in [5.41, 5.74) is -2.04. The minimum Gasteiger partial charge on any atom is -0.465 e. The number of nitrogens with zero attached hydrogens (tertiary/aromatic N) is 2. The van der Waals surface area contributed by atoms with Gasteiger partial charge in [0, 0.05) is 12.1 Å². The SMILES string of the molecule is CC[C@]12/C=C\CCCOC(=O)[C@H]1[C@H]1C(=O)N([C@@H](CO)Cc3ccccc3)C3C(=O)N(C(C)(C)C)CC=C[C@@]31O2. The van der Waals surface area contributed by atoms with Gasteiger partial charge >= 0.3 is 5.97 Å². The van der Waals surface area contributed by atoms with Crippen molar-refractivity contribution in [2.75, 3.05) is 19.8 Å². The van der Waals surface area contributed by atoms with E-state index in [-0.39, 0.29) is 25.0 Å². The molecule has 2 amide bonds. The van der Waals surface area contributed by atoms with Crippen LogP contribution in [0.4, 0.5) is 0 Å². The minimum absolute atomic E-state index is 0.245. The molecule has 1 aromatic rings. The molecule has 4 aliphatic heterocycles. The van der Waals surface area contributed by atoms with E-state index in [0.717, 1.165) is 12.0 Å². The van der Waals surface area contributed by atoms with Gasteiger partial charge in [0.1, 0.15) is 23.2 Å². The minimum atomic E-state index is -1.37. The fourth-order valence-corrected chi connectivity index (χ4v) is 6.95. The summed E-state index contributed by atoms with van der Waals surface area (Å²) >= 11 is 0. The molecule has 2 fully saturated rings. The molecule has 0 aromatic heterocycles. The molecule has 0 bridgehead atoms. The summed E-state index contributed by atoms with van der Waals surface area (Å²) in [5, 5.41) is 10.6. The van der Waals surface area contributed by atoms with Gasteiger partial charge in [0.05, 0.1) is 25.2 Å². The van der Waals surface area contributed by atoms with Crippen molar-refractivity contribution in [1.82, 2.24) is 9.80 Å². The number of rotatable bonds is 5. The smallest absolute Gasteiger partial charge is 0.313 e. The van der Waals surface area contributed by atoms with Gasteiger partial charge in [-0.25, -0.2) is 0 Å². The van der Waals surface area contributed by atoms with Crippen LogP contribution >= 0.6 is 0 Å². The molecular formula is C31H40N2O6. The maximum absolute atomic E-state index is 14.6. The second-order valence-electron chi connectivity index (χ2n) is 12.1. The number of fused-ring (bicyclic) bond motifs is 2. The highest BCUT2D eigenvalue weighted by atomic mass is 16.6. The molecule has 2 saturated heterocycles. The van der Waals surface area contributed by atoms with Gasteiger partial charge in [-0.05, 0) is 52.0 Å². The summed E-state index contributed by atoms with van der Waals surface area (Å²) in [5.74, 6) is -2.94. The van der Waals surface area contributed by atoms with E-state index in [0.29, 0.717) is 25.8 Å². The molecule has 1 aromatic carbocycles. The van der Waals surface area contributed by atoms with E-state index in [4.69, 9.17) is 9.47 Å². The Kier molecular flexibility index (Phi) is 7.22. The largest absolute Gasteiger partial charge is 0.465 e. The molecule has 210 valence electrons. The lowest BCUT2D eigenvalue weighted by Gasteiger charge is -2.43. The zero-order valence-corrected chi connectivity index (χ0v) is 23.3. The molecule has 0 radical (unpaired) electrons. The highest BCUT2D eigenvalue weighted by molar-refractivity contribution is 5.99. The first kappa shape index (κ1) is 27.6. The number of hydrogen-bond acceptors (Lipinski definition) is 6. The lowest BCUT2D eigenvalue weighted by Crippen LogP contribution is -2.61. The molecule has 8 nitrogen and oxygen atoms in total. The van der Waals surface area contributed by atoms with Gasteiger partial charge in [0.25, 0.3) is 0 Å². The molecule has 8 heteroatoms. The van der Waals surface area contributed by atoms with Crippen molar-refractivity contribution >= 4 is 17.8 Å². The van der Waals surface area contributed by atoms with Crippen LogP contribution in [0.3, 0.4) is 0 Å². The Balaban J connectivity index is 1.69. The average Bonchev–Trinajstić information content (AvgIpc) is 3.28. The van der Waals surface area contributed by atoms with Gasteiger partial charge in [-0.1, -0.05) is 61.6 Å². The van der Waals surface area contributed by atoms with Crippen LogP contribution in [0.2, 0.25) is 0 Å². The molecule has 1 N–H and O–H groups in total. The number of ether oxygens (including phenoxy) is 2. The quantitative estimate of drug-likeness (QED) is 0.459. The first-order valence-corrected chi connectivity index (χ1v) is 14.1. The van der Waals surface area contributed by atoms with Crippen molar-refractivity contribution in [2.45, 2.75) is 82.2 Å². The Bertz CT molecular complexity index is 1170. The van der Waals surface area contributed by atoms with Gasteiger partial charge in [-0.2, -0.15) is 0 Å². The second kappa shape index (κ2) is 10.2. The number of carbonyl (C=O) groups excluding carboxylic acids is 3. The summed E-state index contributed by atoms with van der Waals surface area (Å²) in [6.45, 7) is 8.11. The van der Waals surface area contributed by atoms with Gasteiger partial charge < -0.3 is 24.4 Å². The molecule has 4 aliphatic rings. The van der Waals surface area contributed by atoms with Gasteiger partial charge in [0.2, 0.25) is 11.8 Å². The Labute approximate surface area is 230 Å². The first-order valence-electron chi connectivity index (χ1n) is 14.1. The molecule has 0 saturated carbocycles. The van der Waals surface area contributed by atoms with E-state index >= 15 is 0 Å². The third kappa shape index (κ3) is 4.42. The number of aliphatic hydroxyl groups is 1. The van der Waals surface area contributed by atoms with E-state index in [1.54, 1.807) is 4.90 Å². The Morgan fingerprint density at radius 1 is 1.05 bits per heavy atom. The number of allylic oxidation sites excluding steroid dienone is 1. The maximum atomic E-state index is 14.6. The Hall–Kier alpha value is -2.97. The van der Waals surface area contributed by atoms with Crippen LogP contribution in [0, 0.1) is 11.8 Å². The predicted octanol–water partition coefficient (Wildman–Crippen LogP) is 3.04. The van der Waals surface area contributed by atoms with E-state index in [1.807, 2.05) is 82.3 Å². The lowest BCUT2D eigenvalue weighted by molar-refractivity contribution is -0.164. The summed E-state index contributed by atoms with van der Waals surface area (Å²) < 4.78 is 12.7. The van der Waals surface area contributed by atoms with Crippen molar-refractivity contribution in [3.8, 4) is 0 Å². The third-order valence-electron chi connectivity index (χ3n) is 8.80. The fraction of sp³-hybridized carbons (Fsp3) is 0.581. The molecule has 1 spiro atoms. The van der Waals surface area contributed by atoms with Crippen LogP contribution in [-0.4, -0.2) is 81.3 Å². The van der Waals surface area contributed by atoms with Crippen LogP contribution in [0.25, 0.3) is 0 Å². The van der Waals surface area contributed by atoms with Crippen molar-refractivity contribution < 1.29 is 29.0 Å². The number of likely N-dealkylation sites (tertiary alicyclic amines) is 1. The van der Waals surface area contributed by atoms with Gasteiger partial charge in [-0.3, -0.25) is 14.4 Å². The van der Waals surface area contributed by atoms with E-state index in [1.165, 1.54) is 4.90 Å². The topological polar surface area (TPSA) is 96.4 Å². The molecule has 4 heterocycles. The lowest BCUT2D eigenvalue weighted by atomic mass is 9.73. The van der Waals surface area contributed by atoms with Crippen LogP contribution in [0.15, 0.2) is 54.6 Å². The van der Waals surface area contributed by atoms with Crippen molar-refractivity contribution in [2.24, 2.45) is 11.8 Å². The van der Waals surface area contributed by atoms with Crippen LogP contribution < -0.4 is 0 Å². The van der Waals surface area contributed by atoms with E-state index < -0.39 is 46.6 Å². The van der Waals surface area contributed by atoms with Gasteiger partial charge in [-0.15, -0.1) is 0 Å². The number of cyclic esters (lactones) is 1. The number of hydrogen-bond donors (Lipinski definition) is 1. The fourth-order valence-electron chi connectivity index (χ4n) is 6.95. The number of aliphatic hydroxyl groups excluding tert-OH is 1. The number of carbonyl (C=O) groups is 3. The highest BCUT2D eigenvalue weighted by Gasteiger charge is 2.76. The molecular weight excluding hydrogens is 496 g/mol. The van der Waals surface area contributed by atoms with Gasteiger partial charge in [0.15, 0.2) is 0 Å². The highest BCUT2D eigenvalue weighted by Crippen LogP contribution is 2.58. The molecule has 0 aliphatic carbocycles. The summed E-state index contributed by atoms with van der Waals surface area (Å²) in [6, 6.07) is 7.90. The molecule has 1 unspecified atom stereocenters. The number of benzene rings is 1. The normalized spacial score (nSPS) is 34.3. The van der Waals surface area contributed by atoms with Crippen LogP contribution in [-0.2, 0) is 30.3 Å². The zero-order chi connectivity index (χ0) is 28.0. The summed E-state index contributed by atoms with van der Waals surface area (Å²) in [4.78, 5) is 46.1.